The molecule has 0 radical (unpaired) electrons. The molecule has 0 fully saturated rings. The Morgan fingerprint density at radius 3 is 2.16 bits per heavy atom. The lowest BCUT2D eigenvalue weighted by Crippen LogP contribution is -2.16. The van der Waals surface area contributed by atoms with Crippen LogP contribution in [-0.2, 0) is 12.8 Å². The van der Waals surface area contributed by atoms with Crippen molar-refractivity contribution in [1.29, 1.82) is 0 Å². The van der Waals surface area contributed by atoms with Crippen LogP contribution in [0.4, 0.5) is 13.2 Å². The number of hydrogen-bond acceptors (Lipinski definition) is 1. The largest absolute Gasteiger partial charge is 0.573 e. The lowest BCUT2D eigenvalue weighted by atomic mass is 10.00. The monoisotopic (exact) mass is 434 g/mol. The molecule has 4 heteroatoms. The van der Waals surface area contributed by atoms with E-state index in [1.54, 1.807) is 0 Å². The number of ether oxygens (including phenoxy) is 1. The molecular formula is C28H25F3O. The first kappa shape index (κ1) is 22.0. The van der Waals surface area contributed by atoms with Crippen molar-refractivity contribution in [2.24, 2.45) is 0 Å². The van der Waals surface area contributed by atoms with E-state index in [0.29, 0.717) is 5.56 Å². The third-order valence-electron chi connectivity index (χ3n) is 5.70. The standard InChI is InChI=1S/C28H25F3O/c1-2-3-4-5-6-21-11-15-26-23(17-21)19-24-18-22(12-16-27(24)26)8-7-20-9-13-25(14-10-20)32-28(29,30)31/h9-18H,2-6,19H2,1H3. The van der Waals surface area contributed by atoms with Crippen molar-refractivity contribution in [1.82, 2.24) is 0 Å². The number of alkyl halides is 3. The van der Waals surface area contributed by atoms with Crippen molar-refractivity contribution in [3.8, 4) is 28.7 Å². The van der Waals surface area contributed by atoms with E-state index in [1.807, 2.05) is 6.07 Å². The minimum atomic E-state index is -4.69. The molecule has 0 unspecified atom stereocenters. The van der Waals surface area contributed by atoms with E-state index in [0.717, 1.165) is 18.4 Å². The Morgan fingerprint density at radius 1 is 0.781 bits per heavy atom. The van der Waals surface area contributed by atoms with Crippen LogP contribution in [0.2, 0.25) is 0 Å². The summed E-state index contributed by atoms with van der Waals surface area (Å²) in [7, 11) is 0. The molecule has 0 amide bonds. The van der Waals surface area contributed by atoms with Gasteiger partial charge in [0.2, 0.25) is 0 Å². The number of hydrogen-bond donors (Lipinski definition) is 0. The van der Waals surface area contributed by atoms with Gasteiger partial charge in [0.1, 0.15) is 5.75 Å². The number of fused-ring (bicyclic) bond motifs is 3. The first-order chi connectivity index (χ1) is 15.4. The van der Waals surface area contributed by atoms with Gasteiger partial charge in [0.05, 0.1) is 0 Å². The highest BCUT2D eigenvalue weighted by Crippen LogP contribution is 2.37. The molecule has 0 aromatic heterocycles. The fraction of sp³-hybridized carbons (Fsp3) is 0.286. The Bertz CT molecular complexity index is 1150. The zero-order chi connectivity index (χ0) is 22.6. The van der Waals surface area contributed by atoms with Crippen molar-refractivity contribution in [2.75, 3.05) is 0 Å². The minimum Gasteiger partial charge on any atom is -0.406 e. The molecule has 0 saturated heterocycles. The molecule has 0 heterocycles. The number of aryl methyl sites for hydroxylation is 1. The van der Waals surface area contributed by atoms with Gasteiger partial charge in [-0.05, 0) is 83.5 Å². The van der Waals surface area contributed by atoms with Crippen LogP contribution in [0, 0.1) is 11.8 Å². The summed E-state index contributed by atoms with van der Waals surface area (Å²) in [5, 5.41) is 0. The van der Waals surface area contributed by atoms with Crippen molar-refractivity contribution in [3.63, 3.8) is 0 Å². The molecule has 1 nitrogen and oxygen atoms in total. The lowest BCUT2D eigenvalue weighted by molar-refractivity contribution is -0.274. The van der Waals surface area contributed by atoms with Gasteiger partial charge in [0, 0.05) is 11.1 Å². The van der Waals surface area contributed by atoms with Crippen molar-refractivity contribution >= 4 is 0 Å². The SMILES string of the molecule is CCCCCCc1ccc2c(c1)Cc1cc(C#Cc3ccc(OC(F)(F)F)cc3)ccc1-2. The fourth-order valence-electron chi connectivity index (χ4n) is 4.14. The summed E-state index contributed by atoms with van der Waals surface area (Å²) < 4.78 is 40.7. The third kappa shape index (κ3) is 5.53. The van der Waals surface area contributed by atoms with Gasteiger partial charge >= 0.3 is 6.36 Å². The zero-order valence-electron chi connectivity index (χ0n) is 18.1. The second-order valence-electron chi connectivity index (χ2n) is 8.17. The van der Waals surface area contributed by atoms with Gasteiger partial charge < -0.3 is 4.74 Å². The van der Waals surface area contributed by atoms with Crippen molar-refractivity contribution in [3.05, 3.63) is 88.5 Å². The molecule has 3 aromatic carbocycles. The highest BCUT2D eigenvalue weighted by atomic mass is 19.4. The van der Waals surface area contributed by atoms with Crippen LogP contribution in [0.25, 0.3) is 11.1 Å². The molecule has 0 N–H and O–H groups in total. The maximum absolute atomic E-state index is 12.3. The second-order valence-corrected chi connectivity index (χ2v) is 8.17. The molecule has 0 atom stereocenters. The maximum Gasteiger partial charge on any atom is 0.573 e. The average Bonchev–Trinajstić information content (AvgIpc) is 3.12. The van der Waals surface area contributed by atoms with Gasteiger partial charge in [-0.15, -0.1) is 13.2 Å². The molecule has 4 rings (SSSR count). The van der Waals surface area contributed by atoms with E-state index < -0.39 is 6.36 Å². The Labute approximate surface area is 187 Å². The third-order valence-corrected chi connectivity index (χ3v) is 5.70. The van der Waals surface area contributed by atoms with E-state index in [2.05, 4.69) is 53.8 Å². The summed E-state index contributed by atoms with van der Waals surface area (Å²) in [5.74, 6) is 5.90. The van der Waals surface area contributed by atoms with Crippen molar-refractivity contribution in [2.45, 2.75) is 51.8 Å². The summed E-state index contributed by atoms with van der Waals surface area (Å²) in [5.41, 5.74) is 8.14. The Morgan fingerprint density at radius 2 is 1.44 bits per heavy atom. The van der Waals surface area contributed by atoms with Crippen LogP contribution in [0.15, 0.2) is 60.7 Å². The van der Waals surface area contributed by atoms with E-state index in [1.165, 1.54) is 77.8 Å². The average molecular weight is 435 g/mol. The minimum absolute atomic E-state index is 0.247. The molecule has 164 valence electrons. The Kier molecular flexibility index (Phi) is 6.55. The highest BCUT2D eigenvalue weighted by molar-refractivity contribution is 5.77. The number of rotatable bonds is 6. The zero-order valence-corrected chi connectivity index (χ0v) is 18.1. The van der Waals surface area contributed by atoms with Gasteiger partial charge in [0.25, 0.3) is 0 Å². The van der Waals surface area contributed by atoms with Gasteiger partial charge in [-0.3, -0.25) is 0 Å². The number of halogens is 3. The van der Waals surface area contributed by atoms with E-state index >= 15 is 0 Å². The van der Waals surface area contributed by atoms with Gasteiger partial charge in [-0.2, -0.15) is 0 Å². The van der Waals surface area contributed by atoms with Crippen LogP contribution in [0.5, 0.6) is 5.75 Å². The van der Waals surface area contributed by atoms with Gasteiger partial charge in [0.15, 0.2) is 0 Å². The van der Waals surface area contributed by atoms with E-state index in [9.17, 15) is 13.2 Å². The summed E-state index contributed by atoms with van der Waals surface area (Å²) in [4.78, 5) is 0. The molecule has 0 aliphatic heterocycles. The predicted molar refractivity (Wildman–Crippen MR) is 122 cm³/mol. The van der Waals surface area contributed by atoms with Crippen LogP contribution >= 0.6 is 0 Å². The summed E-state index contributed by atoms with van der Waals surface area (Å²) >= 11 is 0. The van der Waals surface area contributed by atoms with Gasteiger partial charge in [-0.25, -0.2) is 0 Å². The van der Waals surface area contributed by atoms with Gasteiger partial charge in [-0.1, -0.05) is 62.3 Å². The molecule has 0 saturated carbocycles. The topological polar surface area (TPSA) is 9.23 Å². The molecule has 1 aliphatic carbocycles. The van der Waals surface area contributed by atoms with Crippen LogP contribution in [-0.4, -0.2) is 6.36 Å². The highest BCUT2D eigenvalue weighted by Gasteiger charge is 2.30. The normalized spacial score (nSPS) is 12.0. The van der Waals surface area contributed by atoms with Crippen LogP contribution in [0.1, 0.15) is 60.4 Å². The summed E-state index contributed by atoms with van der Waals surface area (Å²) in [6.07, 6.45) is 2.43. The smallest absolute Gasteiger partial charge is 0.406 e. The molecule has 0 bridgehead atoms. The van der Waals surface area contributed by atoms with E-state index in [-0.39, 0.29) is 5.75 Å². The second kappa shape index (κ2) is 9.53. The van der Waals surface area contributed by atoms with Crippen LogP contribution < -0.4 is 4.74 Å². The Hall–Kier alpha value is -3.19. The molecule has 3 aromatic rings. The lowest BCUT2D eigenvalue weighted by Gasteiger charge is -2.08. The predicted octanol–water partition coefficient (Wildman–Crippen LogP) is 7.68. The first-order valence-electron chi connectivity index (χ1n) is 11.0. The first-order valence-corrected chi connectivity index (χ1v) is 11.0. The van der Waals surface area contributed by atoms with Crippen molar-refractivity contribution < 1.29 is 17.9 Å². The fourth-order valence-corrected chi connectivity index (χ4v) is 4.14. The van der Waals surface area contributed by atoms with E-state index in [4.69, 9.17) is 0 Å². The maximum atomic E-state index is 12.3. The molecule has 32 heavy (non-hydrogen) atoms. The summed E-state index contributed by atoms with van der Waals surface area (Å²) in [6, 6.07) is 18.7. The van der Waals surface area contributed by atoms with Crippen LogP contribution in [0.3, 0.4) is 0 Å². The molecular weight excluding hydrogens is 409 g/mol. The molecule has 1 aliphatic rings. The number of unbranched alkanes of at least 4 members (excludes halogenated alkanes) is 3. The quantitative estimate of drug-likeness (QED) is 0.223. The number of benzene rings is 3. The summed E-state index contributed by atoms with van der Waals surface area (Å²) in [6.45, 7) is 2.23. The molecule has 0 spiro atoms. The Balaban J connectivity index is 1.44.